The summed E-state index contributed by atoms with van der Waals surface area (Å²) in [6.45, 7) is 4.65. The van der Waals surface area contributed by atoms with Gasteiger partial charge in [0.05, 0.1) is 12.1 Å². The van der Waals surface area contributed by atoms with Gasteiger partial charge in [0.1, 0.15) is 5.60 Å². The monoisotopic (exact) mass is 255 g/mol. The zero-order valence-corrected chi connectivity index (χ0v) is 11.1. The molecule has 6 heteroatoms. The van der Waals surface area contributed by atoms with Crippen molar-refractivity contribution in [2.75, 3.05) is 13.7 Å². The first-order valence-corrected chi connectivity index (χ1v) is 6.46. The number of β-amino-alcohol motifs (C(OH)–C–C–N with tert-alkyl or cyclic N) is 1. The van der Waals surface area contributed by atoms with Crippen molar-refractivity contribution < 1.29 is 14.4 Å². The maximum Gasteiger partial charge on any atom is 0.243 e. The molecule has 2 atom stereocenters. The Kier molecular flexibility index (Phi) is 3.99. The number of hydrogen-bond acceptors (Lipinski definition) is 6. The third kappa shape index (κ3) is 2.28. The molecule has 1 fully saturated rings. The molecular formula is C12H21N3O3. The van der Waals surface area contributed by atoms with E-state index in [1.165, 1.54) is 0 Å². The van der Waals surface area contributed by atoms with E-state index in [2.05, 4.69) is 15.5 Å². The Labute approximate surface area is 107 Å². The Morgan fingerprint density at radius 2 is 2.22 bits per heavy atom. The van der Waals surface area contributed by atoms with Gasteiger partial charge in [0.25, 0.3) is 0 Å². The van der Waals surface area contributed by atoms with Gasteiger partial charge in [-0.05, 0) is 19.3 Å². The molecule has 1 aliphatic rings. The van der Waals surface area contributed by atoms with Crippen LogP contribution in [-0.4, -0.2) is 35.0 Å². The number of methoxy groups -OCH3 is 1. The van der Waals surface area contributed by atoms with Crippen LogP contribution in [0.4, 0.5) is 0 Å². The van der Waals surface area contributed by atoms with E-state index in [-0.39, 0.29) is 12.1 Å². The molecule has 1 aromatic heterocycles. The first-order chi connectivity index (χ1) is 8.65. The molecule has 0 aromatic carbocycles. The van der Waals surface area contributed by atoms with E-state index in [0.29, 0.717) is 24.7 Å². The molecule has 0 spiro atoms. The van der Waals surface area contributed by atoms with Crippen LogP contribution < -0.4 is 5.32 Å². The molecule has 0 bridgehead atoms. The van der Waals surface area contributed by atoms with Crippen molar-refractivity contribution in [3.63, 3.8) is 0 Å². The predicted octanol–water partition coefficient (Wildman–Crippen LogP) is 1.13. The number of nitrogens with one attached hydrogen (secondary N) is 1. The smallest absolute Gasteiger partial charge is 0.243 e. The zero-order valence-electron chi connectivity index (χ0n) is 11.1. The quantitative estimate of drug-likeness (QED) is 0.821. The fourth-order valence-electron chi connectivity index (χ4n) is 2.41. The molecule has 0 amide bonds. The summed E-state index contributed by atoms with van der Waals surface area (Å²) in [6.07, 6.45) is 1.86. The van der Waals surface area contributed by atoms with E-state index in [1.807, 2.05) is 13.8 Å². The molecule has 2 rings (SSSR count). The summed E-state index contributed by atoms with van der Waals surface area (Å²) in [7, 11) is 1.67. The Morgan fingerprint density at radius 1 is 1.50 bits per heavy atom. The molecule has 2 heterocycles. The maximum atomic E-state index is 9.49. The van der Waals surface area contributed by atoms with E-state index >= 15 is 0 Å². The van der Waals surface area contributed by atoms with Crippen LogP contribution in [0.15, 0.2) is 4.52 Å². The lowest BCUT2D eigenvalue weighted by molar-refractivity contribution is -0.0306. The maximum absolute atomic E-state index is 9.49. The van der Waals surface area contributed by atoms with Gasteiger partial charge in [0, 0.05) is 13.7 Å². The van der Waals surface area contributed by atoms with Crippen LogP contribution in [0.5, 0.6) is 0 Å². The molecular weight excluding hydrogens is 234 g/mol. The van der Waals surface area contributed by atoms with Crippen molar-refractivity contribution in [3.8, 4) is 0 Å². The van der Waals surface area contributed by atoms with Gasteiger partial charge in [-0.1, -0.05) is 19.0 Å². The number of aliphatic hydroxyl groups excluding tert-OH is 1. The number of aromatic nitrogens is 2. The van der Waals surface area contributed by atoms with Crippen molar-refractivity contribution in [2.45, 2.75) is 50.9 Å². The highest BCUT2D eigenvalue weighted by atomic mass is 16.5. The van der Waals surface area contributed by atoms with Gasteiger partial charge in [0.15, 0.2) is 0 Å². The summed E-state index contributed by atoms with van der Waals surface area (Å²) < 4.78 is 10.9. The second-order valence-corrected chi connectivity index (χ2v) is 4.71. The Hall–Kier alpha value is -0.980. The van der Waals surface area contributed by atoms with Crippen molar-refractivity contribution in [2.24, 2.45) is 0 Å². The third-order valence-corrected chi connectivity index (χ3v) is 3.79. The van der Waals surface area contributed by atoms with E-state index < -0.39 is 5.60 Å². The molecule has 0 unspecified atom stereocenters. The molecule has 18 heavy (non-hydrogen) atoms. The fourth-order valence-corrected chi connectivity index (χ4v) is 2.41. The number of hydrogen-bond donors (Lipinski definition) is 2. The van der Waals surface area contributed by atoms with Gasteiger partial charge < -0.3 is 19.7 Å². The van der Waals surface area contributed by atoms with Crippen LogP contribution in [0, 0.1) is 0 Å². The fraction of sp³-hybridized carbons (Fsp3) is 0.833. The Morgan fingerprint density at radius 3 is 2.72 bits per heavy atom. The molecule has 6 nitrogen and oxygen atoms in total. The van der Waals surface area contributed by atoms with Crippen LogP contribution in [0.2, 0.25) is 0 Å². The summed E-state index contributed by atoms with van der Waals surface area (Å²) in [4.78, 5) is 4.44. The second kappa shape index (κ2) is 5.34. The van der Waals surface area contributed by atoms with Gasteiger partial charge >= 0.3 is 0 Å². The largest absolute Gasteiger partial charge is 0.392 e. The Balaban J connectivity index is 2.19. The number of nitrogens with zero attached hydrogens (tertiary/aromatic N) is 2. The van der Waals surface area contributed by atoms with Crippen molar-refractivity contribution in [1.82, 2.24) is 15.5 Å². The van der Waals surface area contributed by atoms with Gasteiger partial charge in [-0.3, -0.25) is 0 Å². The van der Waals surface area contributed by atoms with E-state index in [1.54, 1.807) is 7.11 Å². The van der Waals surface area contributed by atoms with E-state index in [9.17, 15) is 5.11 Å². The minimum Gasteiger partial charge on any atom is -0.392 e. The lowest BCUT2D eigenvalue weighted by Gasteiger charge is -2.25. The molecule has 1 aliphatic heterocycles. The first kappa shape index (κ1) is 13.5. The zero-order chi connectivity index (χ0) is 13.2. The minimum atomic E-state index is -0.473. The SMILES string of the molecule is CCC(CC)(OC)c1noc([C@H]2C[C@@H](O)CN2)n1. The normalized spacial score (nSPS) is 24.7. The molecule has 102 valence electrons. The van der Waals surface area contributed by atoms with Crippen LogP contribution >= 0.6 is 0 Å². The Bertz CT molecular complexity index is 381. The number of rotatable bonds is 5. The predicted molar refractivity (Wildman–Crippen MR) is 64.9 cm³/mol. The van der Waals surface area contributed by atoms with E-state index in [0.717, 1.165) is 12.8 Å². The van der Waals surface area contributed by atoms with Crippen LogP contribution in [0.3, 0.4) is 0 Å². The third-order valence-electron chi connectivity index (χ3n) is 3.79. The van der Waals surface area contributed by atoms with Crippen LogP contribution in [0.1, 0.15) is 50.9 Å². The average Bonchev–Trinajstić information content (AvgIpc) is 3.01. The highest BCUT2D eigenvalue weighted by molar-refractivity contribution is 5.04. The van der Waals surface area contributed by atoms with Gasteiger partial charge in [-0.25, -0.2) is 0 Å². The first-order valence-electron chi connectivity index (χ1n) is 6.46. The topological polar surface area (TPSA) is 80.4 Å². The van der Waals surface area contributed by atoms with Crippen LogP contribution in [-0.2, 0) is 10.3 Å². The van der Waals surface area contributed by atoms with Crippen molar-refractivity contribution in [1.29, 1.82) is 0 Å². The van der Waals surface area contributed by atoms with Crippen molar-refractivity contribution in [3.05, 3.63) is 11.7 Å². The summed E-state index contributed by atoms with van der Waals surface area (Å²) in [5, 5.41) is 16.7. The lowest BCUT2D eigenvalue weighted by Crippen LogP contribution is -2.28. The number of aliphatic hydroxyl groups is 1. The average molecular weight is 255 g/mol. The molecule has 0 saturated carbocycles. The minimum absolute atomic E-state index is 0.0514. The number of ether oxygens (including phenoxy) is 1. The van der Waals surface area contributed by atoms with Crippen LogP contribution in [0.25, 0.3) is 0 Å². The molecule has 2 N–H and O–H groups in total. The standard InChI is InChI=1S/C12H21N3O3/c1-4-12(5-2,17-3)11-14-10(18-15-11)9-6-8(16)7-13-9/h8-9,13,16H,4-7H2,1-3H3/t8-,9-/m1/s1. The molecule has 1 saturated heterocycles. The lowest BCUT2D eigenvalue weighted by atomic mass is 9.96. The summed E-state index contributed by atoms with van der Waals surface area (Å²) >= 11 is 0. The second-order valence-electron chi connectivity index (χ2n) is 4.71. The van der Waals surface area contributed by atoms with Gasteiger partial charge in [0.2, 0.25) is 11.7 Å². The molecule has 0 radical (unpaired) electrons. The highest BCUT2D eigenvalue weighted by Crippen LogP contribution is 2.31. The summed E-state index contributed by atoms with van der Waals surface area (Å²) in [6, 6.07) is -0.0514. The van der Waals surface area contributed by atoms with Gasteiger partial charge in [-0.2, -0.15) is 4.98 Å². The highest BCUT2D eigenvalue weighted by Gasteiger charge is 2.36. The summed E-state index contributed by atoms with van der Waals surface area (Å²) in [5.74, 6) is 1.12. The van der Waals surface area contributed by atoms with Crippen molar-refractivity contribution >= 4 is 0 Å². The summed E-state index contributed by atoms with van der Waals surface area (Å²) in [5.41, 5.74) is -0.473. The molecule has 1 aromatic rings. The molecule has 0 aliphatic carbocycles. The van der Waals surface area contributed by atoms with Gasteiger partial charge in [-0.15, -0.1) is 0 Å². The van der Waals surface area contributed by atoms with E-state index in [4.69, 9.17) is 9.26 Å².